The van der Waals surface area contributed by atoms with E-state index in [-0.39, 0.29) is 5.91 Å². The van der Waals surface area contributed by atoms with E-state index in [1.165, 1.54) is 0 Å². The summed E-state index contributed by atoms with van der Waals surface area (Å²) in [7, 11) is 0. The Morgan fingerprint density at radius 1 is 1.53 bits per heavy atom. The molecule has 0 saturated carbocycles. The predicted octanol–water partition coefficient (Wildman–Crippen LogP) is 2.04. The molecule has 1 amide bonds. The number of carbonyl (C=O) groups is 1. The van der Waals surface area contributed by atoms with Crippen molar-refractivity contribution in [3.63, 3.8) is 0 Å². The molecule has 15 heavy (non-hydrogen) atoms. The molecule has 3 heteroatoms. The molecule has 0 spiro atoms. The molecule has 0 aliphatic rings. The Kier molecular flexibility index (Phi) is 4.79. The van der Waals surface area contributed by atoms with Gasteiger partial charge in [-0.05, 0) is 24.6 Å². The van der Waals surface area contributed by atoms with Crippen LogP contribution in [0.5, 0.6) is 0 Å². The molecule has 0 fully saturated rings. The lowest BCUT2D eigenvalue weighted by molar-refractivity contribution is 0.1000. The van der Waals surface area contributed by atoms with Gasteiger partial charge in [-0.25, -0.2) is 0 Å². The summed E-state index contributed by atoms with van der Waals surface area (Å²) in [6.45, 7) is 1.83. The Morgan fingerprint density at radius 3 is 3.00 bits per heavy atom. The fraction of sp³-hybridized carbons (Fsp3) is 0.250. The van der Waals surface area contributed by atoms with Crippen LogP contribution in [-0.2, 0) is 5.75 Å². The zero-order valence-corrected chi connectivity index (χ0v) is 9.43. The first-order chi connectivity index (χ1) is 7.24. The van der Waals surface area contributed by atoms with E-state index in [0.717, 1.165) is 17.1 Å². The number of amides is 1. The van der Waals surface area contributed by atoms with Gasteiger partial charge in [0.2, 0.25) is 5.91 Å². The molecule has 0 aromatic heterocycles. The van der Waals surface area contributed by atoms with Crippen LogP contribution in [0.15, 0.2) is 24.3 Å². The zero-order chi connectivity index (χ0) is 11.1. The summed E-state index contributed by atoms with van der Waals surface area (Å²) < 4.78 is 0. The summed E-state index contributed by atoms with van der Waals surface area (Å²) in [6, 6.07) is 7.39. The van der Waals surface area contributed by atoms with Gasteiger partial charge < -0.3 is 5.73 Å². The van der Waals surface area contributed by atoms with Crippen molar-refractivity contribution in [1.29, 1.82) is 0 Å². The molecule has 1 aromatic carbocycles. The van der Waals surface area contributed by atoms with Crippen molar-refractivity contribution in [2.45, 2.75) is 12.7 Å². The molecule has 0 aliphatic heterocycles. The first-order valence-electron chi connectivity index (χ1n) is 4.60. The molecular formula is C12H13NOS. The van der Waals surface area contributed by atoms with Gasteiger partial charge in [-0.1, -0.05) is 18.1 Å². The van der Waals surface area contributed by atoms with E-state index in [1.54, 1.807) is 17.8 Å². The standard InChI is InChI=1S/C12H13NOS/c1-2-3-7-15-9-10-5-4-6-11(8-10)12(13)14/h4-6,8H,7,9H2,1H3,(H2,13,14). The second kappa shape index (κ2) is 6.15. The average molecular weight is 219 g/mol. The van der Waals surface area contributed by atoms with Crippen molar-refractivity contribution in [3.05, 3.63) is 35.4 Å². The first-order valence-corrected chi connectivity index (χ1v) is 5.75. The molecule has 0 aliphatic carbocycles. The molecule has 2 nitrogen and oxygen atoms in total. The molecule has 0 radical (unpaired) electrons. The quantitative estimate of drug-likeness (QED) is 0.622. The van der Waals surface area contributed by atoms with Crippen molar-refractivity contribution in [1.82, 2.24) is 0 Å². The molecule has 1 aromatic rings. The van der Waals surface area contributed by atoms with Gasteiger partial charge in [0.1, 0.15) is 0 Å². The number of hydrogen-bond acceptors (Lipinski definition) is 2. The van der Waals surface area contributed by atoms with E-state index in [9.17, 15) is 4.79 Å². The fourth-order valence-corrected chi connectivity index (χ4v) is 1.87. The van der Waals surface area contributed by atoms with Crippen LogP contribution in [0.25, 0.3) is 0 Å². The van der Waals surface area contributed by atoms with Crippen molar-refractivity contribution < 1.29 is 4.79 Å². The molecule has 0 heterocycles. The van der Waals surface area contributed by atoms with Gasteiger partial charge in [0.15, 0.2) is 0 Å². The highest BCUT2D eigenvalue weighted by Gasteiger charge is 2.00. The molecule has 0 atom stereocenters. The minimum Gasteiger partial charge on any atom is -0.366 e. The van der Waals surface area contributed by atoms with Crippen LogP contribution in [0.1, 0.15) is 22.8 Å². The third kappa shape index (κ3) is 4.09. The van der Waals surface area contributed by atoms with Gasteiger partial charge in [-0.15, -0.1) is 17.7 Å². The minimum atomic E-state index is -0.379. The molecule has 78 valence electrons. The number of hydrogen-bond donors (Lipinski definition) is 1. The van der Waals surface area contributed by atoms with Crippen LogP contribution >= 0.6 is 11.8 Å². The minimum absolute atomic E-state index is 0.379. The maximum Gasteiger partial charge on any atom is 0.248 e. The molecule has 0 bridgehead atoms. The van der Waals surface area contributed by atoms with Crippen LogP contribution in [-0.4, -0.2) is 11.7 Å². The van der Waals surface area contributed by atoms with E-state index >= 15 is 0 Å². The summed E-state index contributed by atoms with van der Waals surface area (Å²) in [6.07, 6.45) is 0. The highest BCUT2D eigenvalue weighted by Crippen LogP contribution is 2.13. The number of thioether (sulfide) groups is 1. The lowest BCUT2D eigenvalue weighted by Crippen LogP contribution is -2.10. The Bertz CT molecular complexity index is 404. The highest BCUT2D eigenvalue weighted by molar-refractivity contribution is 7.98. The van der Waals surface area contributed by atoms with Gasteiger partial charge in [-0.2, -0.15) is 0 Å². The number of benzene rings is 1. The summed E-state index contributed by atoms with van der Waals surface area (Å²) in [4.78, 5) is 10.9. The van der Waals surface area contributed by atoms with Crippen molar-refractivity contribution in [2.24, 2.45) is 5.73 Å². The van der Waals surface area contributed by atoms with Gasteiger partial charge in [0.25, 0.3) is 0 Å². The number of nitrogens with two attached hydrogens (primary N) is 1. The second-order valence-electron chi connectivity index (χ2n) is 2.98. The van der Waals surface area contributed by atoms with Crippen molar-refractivity contribution >= 4 is 17.7 Å². The first kappa shape index (κ1) is 11.7. The normalized spacial score (nSPS) is 9.13. The summed E-state index contributed by atoms with van der Waals surface area (Å²) in [5, 5.41) is 0. The maximum absolute atomic E-state index is 10.9. The van der Waals surface area contributed by atoms with E-state index in [0.29, 0.717) is 5.56 Å². The van der Waals surface area contributed by atoms with Crippen LogP contribution in [0, 0.1) is 11.8 Å². The van der Waals surface area contributed by atoms with Gasteiger partial charge in [-0.3, -0.25) is 4.79 Å². The van der Waals surface area contributed by atoms with Gasteiger partial charge in [0.05, 0.1) is 5.75 Å². The van der Waals surface area contributed by atoms with Gasteiger partial charge >= 0.3 is 0 Å². The van der Waals surface area contributed by atoms with E-state index < -0.39 is 0 Å². The van der Waals surface area contributed by atoms with Crippen molar-refractivity contribution in [3.8, 4) is 11.8 Å². The molecule has 2 N–H and O–H groups in total. The Morgan fingerprint density at radius 2 is 2.33 bits per heavy atom. The van der Waals surface area contributed by atoms with Crippen LogP contribution in [0.4, 0.5) is 0 Å². The lowest BCUT2D eigenvalue weighted by Gasteiger charge is -2.01. The lowest BCUT2D eigenvalue weighted by atomic mass is 10.1. The number of carbonyl (C=O) groups excluding carboxylic acids is 1. The number of primary amides is 1. The Balaban J connectivity index is 2.56. The van der Waals surface area contributed by atoms with Crippen LogP contribution in [0.3, 0.4) is 0 Å². The molecule has 0 saturated heterocycles. The summed E-state index contributed by atoms with van der Waals surface area (Å²) in [5.41, 5.74) is 6.86. The fourth-order valence-electron chi connectivity index (χ4n) is 1.11. The highest BCUT2D eigenvalue weighted by atomic mass is 32.2. The topological polar surface area (TPSA) is 43.1 Å². The largest absolute Gasteiger partial charge is 0.366 e. The predicted molar refractivity (Wildman–Crippen MR) is 64.6 cm³/mol. The van der Waals surface area contributed by atoms with E-state index in [2.05, 4.69) is 11.8 Å². The maximum atomic E-state index is 10.9. The average Bonchev–Trinajstić information content (AvgIpc) is 2.25. The van der Waals surface area contributed by atoms with Crippen molar-refractivity contribution in [2.75, 3.05) is 5.75 Å². The van der Waals surface area contributed by atoms with Crippen LogP contribution < -0.4 is 5.73 Å². The monoisotopic (exact) mass is 219 g/mol. The summed E-state index contributed by atoms with van der Waals surface area (Å²) in [5.74, 6) is 7.11. The third-order valence-electron chi connectivity index (χ3n) is 1.83. The number of rotatable bonds is 4. The van der Waals surface area contributed by atoms with Crippen LogP contribution in [0.2, 0.25) is 0 Å². The SMILES string of the molecule is CC#CCSCc1cccc(C(N)=O)c1. The smallest absolute Gasteiger partial charge is 0.248 e. The van der Waals surface area contributed by atoms with E-state index in [1.807, 2.05) is 25.1 Å². The Hall–Kier alpha value is -1.40. The molecule has 1 rings (SSSR count). The van der Waals surface area contributed by atoms with Gasteiger partial charge in [0, 0.05) is 11.3 Å². The Labute approximate surface area is 94.2 Å². The zero-order valence-electron chi connectivity index (χ0n) is 8.62. The third-order valence-corrected chi connectivity index (χ3v) is 2.72. The molecule has 0 unspecified atom stereocenters. The molecular weight excluding hydrogens is 206 g/mol. The van der Waals surface area contributed by atoms with E-state index in [4.69, 9.17) is 5.73 Å². The second-order valence-corrected chi connectivity index (χ2v) is 3.97. The summed E-state index contributed by atoms with van der Waals surface area (Å²) >= 11 is 1.73.